The number of amides is 1. The molecule has 0 aromatic carbocycles. The zero-order valence-electron chi connectivity index (χ0n) is 49.2. The van der Waals surface area contributed by atoms with Crippen molar-refractivity contribution in [3.05, 3.63) is 36.5 Å². The number of nitrogens with one attached hydrogen (secondary N) is 1. The van der Waals surface area contributed by atoms with E-state index in [0.717, 1.165) is 32.1 Å². The van der Waals surface area contributed by atoms with Crippen LogP contribution in [0, 0.1) is 0 Å². The smallest absolute Gasteiger partial charge is 0.220 e. The zero-order valence-corrected chi connectivity index (χ0v) is 49.2. The summed E-state index contributed by atoms with van der Waals surface area (Å²) in [7, 11) is 0. The average Bonchev–Trinajstić information content (AvgIpc) is 3.39. The largest absolute Gasteiger partial charge is 0.394 e. The summed E-state index contributed by atoms with van der Waals surface area (Å²) >= 11 is 0. The number of aliphatic hydroxyl groups is 2. The fourth-order valence-corrected chi connectivity index (χ4v) is 10.5. The highest BCUT2D eigenvalue weighted by atomic mass is 16.3. The van der Waals surface area contributed by atoms with E-state index < -0.39 is 12.1 Å². The summed E-state index contributed by atoms with van der Waals surface area (Å²) < 4.78 is 0. The maximum atomic E-state index is 12.5. The molecule has 0 saturated carbocycles. The SMILES string of the molecule is CCCCCCCCCC/C=C\CCCCCCCCCCCCCCCCCCCCCCCC(=O)NC(CO)C(O)/C=C/CC/C=C/CCCCCCCCCCCCCCCCCCCCCCC. The molecule has 0 aliphatic heterocycles. The third-order valence-corrected chi connectivity index (χ3v) is 15.6. The highest BCUT2D eigenvalue weighted by molar-refractivity contribution is 5.76. The Kier molecular flexibility index (Phi) is 62.7. The van der Waals surface area contributed by atoms with E-state index in [1.54, 1.807) is 6.08 Å². The summed E-state index contributed by atoms with van der Waals surface area (Å²) in [5, 5.41) is 23.2. The number of unbranched alkanes of at least 4 members (excludes halogenated alkanes) is 51. The third kappa shape index (κ3) is 59.5. The Bertz CT molecular complexity index is 1100. The minimum absolute atomic E-state index is 0.0660. The zero-order chi connectivity index (χ0) is 52.0. The number of aliphatic hydroxyl groups excluding tert-OH is 2. The molecule has 2 atom stereocenters. The number of rotatable bonds is 62. The van der Waals surface area contributed by atoms with Gasteiger partial charge in [0.2, 0.25) is 5.91 Å². The standard InChI is InChI=1S/C68H131NO3/c1-3-5-7-9-11-13-15-17-19-21-23-25-27-29-31-32-33-34-35-36-38-40-42-44-46-48-50-52-54-56-58-60-62-64-68(72)69-66(65-70)67(71)63-61-59-57-55-53-51-49-47-45-43-41-39-37-30-28-26-24-22-20-18-16-14-12-10-8-6-4-2/h21,23,53,55,61,63,66-67,70-71H,3-20,22,24-52,54,56-60,62,64-65H2,1-2H3,(H,69,72)/b23-21-,55-53+,63-61+. The molecule has 0 aromatic heterocycles. The second-order valence-corrected chi connectivity index (χ2v) is 22.9. The van der Waals surface area contributed by atoms with Gasteiger partial charge in [-0.2, -0.15) is 0 Å². The second-order valence-electron chi connectivity index (χ2n) is 22.9. The lowest BCUT2D eigenvalue weighted by Gasteiger charge is -2.19. The molecule has 0 saturated heterocycles. The van der Waals surface area contributed by atoms with Crippen LogP contribution in [0.1, 0.15) is 373 Å². The fraction of sp³-hybridized carbons (Fsp3) is 0.897. The van der Waals surface area contributed by atoms with Crippen LogP contribution in [0.3, 0.4) is 0 Å². The van der Waals surface area contributed by atoms with Crippen molar-refractivity contribution in [3.8, 4) is 0 Å². The molecule has 2 unspecified atom stereocenters. The van der Waals surface area contributed by atoms with Crippen molar-refractivity contribution in [1.82, 2.24) is 5.32 Å². The van der Waals surface area contributed by atoms with Crippen LogP contribution in [0.15, 0.2) is 36.5 Å². The minimum atomic E-state index is -0.862. The molecule has 0 aliphatic rings. The normalized spacial score (nSPS) is 12.9. The van der Waals surface area contributed by atoms with Gasteiger partial charge in [-0.3, -0.25) is 4.79 Å². The highest BCUT2D eigenvalue weighted by Gasteiger charge is 2.18. The topological polar surface area (TPSA) is 69.6 Å². The molecule has 0 fully saturated rings. The van der Waals surface area contributed by atoms with Gasteiger partial charge in [0, 0.05) is 6.42 Å². The highest BCUT2D eigenvalue weighted by Crippen LogP contribution is 2.18. The maximum Gasteiger partial charge on any atom is 0.220 e. The number of allylic oxidation sites excluding steroid dienone is 5. The Morgan fingerprint density at radius 3 is 0.806 bits per heavy atom. The van der Waals surface area contributed by atoms with Crippen molar-refractivity contribution < 1.29 is 15.0 Å². The van der Waals surface area contributed by atoms with Crippen LogP contribution in [0.4, 0.5) is 0 Å². The van der Waals surface area contributed by atoms with Gasteiger partial charge in [-0.15, -0.1) is 0 Å². The summed E-state index contributed by atoms with van der Waals surface area (Å²) in [6.07, 6.45) is 87.9. The number of carbonyl (C=O) groups is 1. The molecule has 3 N–H and O–H groups in total. The van der Waals surface area contributed by atoms with Crippen molar-refractivity contribution >= 4 is 5.91 Å². The van der Waals surface area contributed by atoms with Crippen molar-refractivity contribution in [3.63, 3.8) is 0 Å². The summed E-state index contributed by atoms with van der Waals surface area (Å²) in [5.41, 5.74) is 0. The van der Waals surface area contributed by atoms with E-state index in [4.69, 9.17) is 0 Å². The lowest BCUT2D eigenvalue weighted by atomic mass is 10.0. The van der Waals surface area contributed by atoms with Gasteiger partial charge in [0.1, 0.15) is 0 Å². The number of carbonyl (C=O) groups excluding carboxylic acids is 1. The van der Waals surface area contributed by atoms with E-state index in [1.165, 1.54) is 321 Å². The van der Waals surface area contributed by atoms with Crippen molar-refractivity contribution in [2.75, 3.05) is 6.61 Å². The van der Waals surface area contributed by atoms with Gasteiger partial charge in [0.05, 0.1) is 18.8 Å². The summed E-state index contributed by atoms with van der Waals surface area (Å²) in [5.74, 6) is -0.0660. The molecule has 0 bridgehead atoms. The van der Waals surface area contributed by atoms with Crippen LogP contribution in [0.25, 0.3) is 0 Å². The predicted octanol–water partition coefficient (Wildman–Crippen LogP) is 22.4. The van der Waals surface area contributed by atoms with Crippen LogP contribution in [0.2, 0.25) is 0 Å². The monoisotopic (exact) mass is 1010 g/mol. The first kappa shape index (κ1) is 70.6. The molecule has 1 amide bonds. The molecular weight excluding hydrogens is 879 g/mol. The Morgan fingerprint density at radius 1 is 0.319 bits per heavy atom. The number of hydrogen-bond acceptors (Lipinski definition) is 3. The lowest BCUT2D eigenvalue weighted by Crippen LogP contribution is -2.45. The predicted molar refractivity (Wildman–Crippen MR) is 322 cm³/mol. The van der Waals surface area contributed by atoms with E-state index in [-0.39, 0.29) is 12.5 Å². The van der Waals surface area contributed by atoms with Crippen LogP contribution in [0.5, 0.6) is 0 Å². The van der Waals surface area contributed by atoms with Gasteiger partial charge in [0.25, 0.3) is 0 Å². The van der Waals surface area contributed by atoms with Gasteiger partial charge >= 0.3 is 0 Å². The van der Waals surface area contributed by atoms with Gasteiger partial charge in [-0.1, -0.05) is 346 Å². The number of hydrogen-bond donors (Lipinski definition) is 3. The Morgan fingerprint density at radius 2 is 0.542 bits per heavy atom. The molecule has 0 heterocycles. The van der Waals surface area contributed by atoms with Crippen LogP contribution in [-0.4, -0.2) is 34.9 Å². The van der Waals surface area contributed by atoms with Gasteiger partial charge < -0.3 is 15.5 Å². The minimum Gasteiger partial charge on any atom is -0.394 e. The lowest BCUT2D eigenvalue weighted by molar-refractivity contribution is -0.123. The molecule has 0 aromatic rings. The Balaban J connectivity index is 3.45. The van der Waals surface area contributed by atoms with Crippen LogP contribution in [-0.2, 0) is 4.79 Å². The molecule has 0 spiro atoms. The van der Waals surface area contributed by atoms with Gasteiger partial charge in [-0.05, 0) is 57.8 Å². The van der Waals surface area contributed by atoms with Crippen molar-refractivity contribution in [1.29, 1.82) is 0 Å². The molecule has 4 nitrogen and oxygen atoms in total. The Labute approximate surface area is 452 Å². The average molecular weight is 1010 g/mol. The first-order valence-electron chi connectivity index (χ1n) is 33.2. The summed E-state index contributed by atoms with van der Waals surface area (Å²) in [6, 6.07) is -0.639. The summed E-state index contributed by atoms with van der Waals surface area (Å²) in [6.45, 7) is 4.34. The molecule has 0 aliphatic carbocycles. The van der Waals surface area contributed by atoms with E-state index >= 15 is 0 Å². The second kappa shape index (κ2) is 63.9. The fourth-order valence-electron chi connectivity index (χ4n) is 10.5. The molecule has 426 valence electrons. The first-order chi connectivity index (χ1) is 35.7. The molecular formula is C68H131NO3. The van der Waals surface area contributed by atoms with Crippen molar-refractivity contribution in [2.45, 2.75) is 386 Å². The van der Waals surface area contributed by atoms with Crippen LogP contribution >= 0.6 is 0 Å². The maximum absolute atomic E-state index is 12.5. The summed E-state index contributed by atoms with van der Waals surface area (Å²) in [4.78, 5) is 12.5. The van der Waals surface area contributed by atoms with Crippen molar-refractivity contribution in [2.24, 2.45) is 0 Å². The Hall–Kier alpha value is -1.39. The van der Waals surface area contributed by atoms with Crippen LogP contribution < -0.4 is 5.32 Å². The van der Waals surface area contributed by atoms with Gasteiger partial charge in [-0.25, -0.2) is 0 Å². The first-order valence-corrected chi connectivity index (χ1v) is 33.2. The molecule has 0 rings (SSSR count). The van der Waals surface area contributed by atoms with Gasteiger partial charge in [0.15, 0.2) is 0 Å². The molecule has 72 heavy (non-hydrogen) atoms. The van der Waals surface area contributed by atoms with E-state index in [9.17, 15) is 15.0 Å². The quantitative estimate of drug-likeness (QED) is 0.0420. The third-order valence-electron chi connectivity index (χ3n) is 15.6. The van der Waals surface area contributed by atoms with E-state index in [1.807, 2.05) is 6.08 Å². The molecule has 0 radical (unpaired) electrons. The molecule has 4 heteroatoms. The van der Waals surface area contributed by atoms with E-state index in [0.29, 0.717) is 6.42 Å². The van der Waals surface area contributed by atoms with E-state index in [2.05, 4.69) is 43.5 Å².